The molecule has 3 rings (SSSR count). The van der Waals surface area contributed by atoms with Gasteiger partial charge in [0.25, 0.3) is 0 Å². The molecule has 1 aromatic carbocycles. The molecule has 21 heavy (non-hydrogen) atoms. The van der Waals surface area contributed by atoms with Crippen molar-refractivity contribution < 1.29 is 9.13 Å². The Labute approximate surface area is 123 Å². The van der Waals surface area contributed by atoms with E-state index in [0.29, 0.717) is 6.61 Å². The van der Waals surface area contributed by atoms with Crippen LogP contribution >= 0.6 is 0 Å². The molecule has 0 aliphatic rings. The highest BCUT2D eigenvalue weighted by molar-refractivity contribution is 5.84. The molecule has 0 spiro atoms. The number of nitrogens with zero attached hydrogens (tertiary/aromatic N) is 2. The first kappa shape index (κ1) is 13.6. The van der Waals surface area contributed by atoms with Gasteiger partial charge in [-0.25, -0.2) is 4.39 Å². The van der Waals surface area contributed by atoms with E-state index in [1.165, 1.54) is 6.07 Å². The van der Waals surface area contributed by atoms with Crippen LogP contribution in [0.25, 0.3) is 10.9 Å². The molecule has 3 aromatic rings. The van der Waals surface area contributed by atoms with Crippen LogP contribution < -0.4 is 4.74 Å². The van der Waals surface area contributed by atoms with E-state index in [9.17, 15) is 4.39 Å². The van der Waals surface area contributed by atoms with Crippen LogP contribution in [0.5, 0.6) is 5.75 Å². The van der Waals surface area contributed by atoms with Crippen molar-refractivity contribution in [2.45, 2.75) is 26.5 Å². The highest BCUT2D eigenvalue weighted by Gasteiger charge is 2.12. The lowest BCUT2D eigenvalue weighted by molar-refractivity contribution is 0.306. The summed E-state index contributed by atoms with van der Waals surface area (Å²) in [6.07, 6.45) is 5.42. The van der Waals surface area contributed by atoms with Gasteiger partial charge in [0.15, 0.2) is 0 Å². The van der Waals surface area contributed by atoms with Gasteiger partial charge in [-0.1, -0.05) is 0 Å². The third-order valence-corrected chi connectivity index (χ3v) is 3.46. The third-order valence-electron chi connectivity index (χ3n) is 3.46. The molecular weight excluding hydrogens is 267 g/mol. The summed E-state index contributed by atoms with van der Waals surface area (Å²) in [4.78, 5) is 4.02. The minimum Gasteiger partial charge on any atom is -0.487 e. The average Bonchev–Trinajstić information content (AvgIpc) is 2.84. The van der Waals surface area contributed by atoms with Gasteiger partial charge < -0.3 is 9.30 Å². The number of rotatable bonds is 4. The number of aromatic nitrogens is 2. The molecule has 0 radical (unpaired) electrons. The maximum Gasteiger partial charge on any atom is 0.138 e. The van der Waals surface area contributed by atoms with Crippen molar-refractivity contribution in [1.82, 2.24) is 9.55 Å². The fourth-order valence-corrected chi connectivity index (χ4v) is 2.43. The van der Waals surface area contributed by atoms with E-state index >= 15 is 0 Å². The van der Waals surface area contributed by atoms with E-state index in [2.05, 4.69) is 23.4 Å². The van der Waals surface area contributed by atoms with Gasteiger partial charge in [-0.05, 0) is 44.2 Å². The molecule has 0 saturated carbocycles. The summed E-state index contributed by atoms with van der Waals surface area (Å²) in [7, 11) is 0. The quantitative estimate of drug-likeness (QED) is 0.712. The average molecular weight is 284 g/mol. The van der Waals surface area contributed by atoms with Gasteiger partial charge in [0.1, 0.15) is 18.2 Å². The van der Waals surface area contributed by atoms with Gasteiger partial charge in [0.05, 0.1) is 11.7 Å². The summed E-state index contributed by atoms with van der Waals surface area (Å²) in [6.45, 7) is 4.60. The van der Waals surface area contributed by atoms with Crippen molar-refractivity contribution in [1.29, 1.82) is 0 Å². The summed E-state index contributed by atoms with van der Waals surface area (Å²) in [5, 5.41) is 1.02. The lowest BCUT2D eigenvalue weighted by Gasteiger charge is -2.08. The number of pyridine rings is 1. The van der Waals surface area contributed by atoms with Crippen molar-refractivity contribution in [3.05, 3.63) is 60.3 Å². The lowest BCUT2D eigenvalue weighted by Crippen LogP contribution is -1.98. The van der Waals surface area contributed by atoms with E-state index in [4.69, 9.17) is 4.74 Å². The van der Waals surface area contributed by atoms with Crippen LogP contribution in [0.2, 0.25) is 0 Å². The number of benzene rings is 1. The highest BCUT2D eigenvalue weighted by Crippen LogP contribution is 2.26. The monoisotopic (exact) mass is 284 g/mol. The largest absolute Gasteiger partial charge is 0.487 e. The molecule has 0 atom stereocenters. The second-order valence-electron chi connectivity index (χ2n) is 5.29. The fourth-order valence-electron chi connectivity index (χ4n) is 2.43. The SMILES string of the molecule is CC(C)n1cc(COc2cccnc2)c2ccc(F)cc21. The number of halogens is 1. The van der Waals surface area contributed by atoms with E-state index in [1.807, 2.05) is 24.4 Å². The minimum atomic E-state index is -0.220. The van der Waals surface area contributed by atoms with E-state index in [0.717, 1.165) is 22.2 Å². The van der Waals surface area contributed by atoms with Gasteiger partial charge >= 0.3 is 0 Å². The molecule has 2 heterocycles. The van der Waals surface area contributed by atoms with Crippen LogP contribution in [0.15, 0.2) is 48.9 Å². The van der Waals surface area contributed by atoms with Crippen LogP contribution in [-0.2, 0) is 6.61 Å². The number of ether oxygens (including phenoxy) is 1. The van der Waals surface area contributed by atoms with Crippen LogP contribution in [0.3, 0.4) is 0 Å². The molecule has 2 aromatic heterocycles. The Morgan fingerprint density at radius 2 is 2.14 bits per heavy atom. The Kier molecular flexibility index (Phi) is 3.60. The Morgan fingerprint density at radius 1 is 1.29 bits per heavy atom. The van der Waals surface area contributed by atoms with Gasteiger partial charge in [-0.15, -0.1) is 0 Å². The summed E-state index contributed by atoms with van der Waals surface area (Å²) in [6, 6.07) is 8.84. The normalized spacial score (nSPS) is 11.2. The molecular formula is C17H17FN2O. The van der Waals surface area contributed by atoms with Crippen LogP contribution in [0, 0.1) is 5.82 Å². The number of hydrogen-bond acceptors (Lipinski definition) is 2. The summed E-state index contributed by atoms with van der Waals surface area (Å²) >= 11 is 0. The van der Waals surface area contributed by atoms with E-state index in [1.54, 1.807) is 18.5 Å². The van der Waals surface area contributed by atoms with E-state index in [-0.39, 0.29) is 11.9 Å². The fraction of sp³-hybridized carbons (Fsp3) is 0.235. The van der Waals surface area contributed by atoms with Crippen LogP contribution in [0.4, 0.5) is 4.39 Å². The molecule has 4 heteroatoms. The summed E-state index contributed by atoms with van der Waals surface area (Å²) in [5.74, 6) is 0.507. The van der Waals surface area contributed by atoms with Crippen LogP contribution in [-0.4, -0.2) is 9.55 Å². The minimum absolute atomic E-state index is 0.220. The Balaban J connectivity index is 1.95. The molecule has 0 N–H and O–H groups in total. The van der Waals surface area contributed by atoms with Gasteiger partial charge in [-0.2, -0.15) is 0 Å². The maximum atomic E-state index is 13.5. The van der Waals surface area contributed by atoms with Crippen molar-refractivity contribution in [2.75, 3.05) is 0 Å². The number of hydrogen-bond donors (Lipinski definition) is 0. The molecule has 3 nitrogen and oxygen atoms in total. The van der Waals surface area contributed by atoms with Crippen molar-refractivity contribution >= 4 is 10.9 Å². The standard InChI is InChI=1S/C17H17FN2O/c1-12(2)20-10-13(11-21-15-4-3-7-19-9-15)16-6-5-14(18)8-17(16)20/h3-10,12H,11H2,1-2H3. The summed E-state index contributed by atoms with van der Waals surface area (Å²) in [5.41, 5.74) is 1.94. The maximum absolute atomic E-state index is 13.5. The van der Waals surface area contributed by atoms with Crippen molar-refractivity contribution in [3.8, 4) is 5.75 Å². The molecule has 0 unspecified atom stereocenters. The topological polar surface area (TPSA) is 27.1 Å². The first-order chi connectivity index (χ1) is 10.1. The smallest absolute Gasteiger partial charge is 0.138 e. The molecule has 0 fully saturated rings. The second kappa shape index (κ2) is 5.56. The molecule has 108 valence electrons. The second-order valence-corrected chi connectivity index (χ2v) is 5.29. The zero-order chi connectivity index (χ0) is 14.8. The Hall–Kier alpha value is -2.36. The zero-order valence-electron chi connectivity index (χ0n) is 12.1. The zero-order valence-corrected chi connectivity index (χ0v) is 12.1. The Bertz CT molecular complexity index is 750. The molecule has 0 aliphatic carbocycles. The van der Waals surface area contributed by atoms with Gasteiger partial charge in [0, 0.05) is 29.4 Å². The molecule has 0 amide bonds. The highest BCUT2D eigenvalue weighted by atomic mass is 19.1. The molecule has 0 bridgehead atoms. The van der Waals surface area contributed by atoms with Gasteiger partial charge in [-0.3, -0.25) is 4.98 Å². The predicted octanol–water partition coefficient (Wildman–Crippen LogP) is 4.34. The van der Waals surface area contributed by atoms with Crippen LogP contribution in [0.1, 0.15) is 25.5 Å². The first-order valence-electron chi connectivity index (χ1n) is 6.97. The molecule has 0 aliphatic heterocycles. The lowest BCUT2D eigenvalue weighted by atomic mass is 10.2. The van der Waals surface area contributed by atoms with Crippen molar-refractivity contribution in [2.24, 2.45) is 0 Å². The Morgan fingerprint density at radius 3 is 2.86 bits per heavy atom. The summed E-state index contributed by atoms with van der Waals surface area (Å²) < 4.78 is 21.3. The molecule has 0 saturated heterocycles. The predicted molar refractivity (Wildman–Crippen MR) is 80.9 cm³/mol. The third kappa shape index (κ3) is 2.75. The first-order valence-corrected chi connectivity index (χ1v) is 6.97. The number of fused-ring (bicyclic) bond motifs is 1. The van der Waals surface area contributed by atoms with Gasteiger partial charge in [0.2, 0.25) is 0 Å². The van der Waals surface area contributed by atoms with Crippen molar-refractivity contribution in [3.63, 3.8) is 0 Å². The van der Waals surface area contributed by atoms with E-state index < -0.39 is 0 Å².